The van der Waals surface area contributed by atoms with Gasteiger partial charge in [-0.15, -0.1) is 0 Å². The second-order valence-electron chi connectivity index (χ2n) is 12.1. The van der Waals surface area contributed by atoms with Gasteiger partial charge in [0.1, 0.15) is 11.9 Å². The Kier molecular flexibility index (Phi) is 5.55. The van der Waals surface area contributed by atoms with Gasteiger partial charge in [0.05, 0.1) is 0 Å². The minimum Gasteiger partial charge on any atom is -0.462 e. The summed E-state index contributed by atoms with van der Waals surface area (Å²) in [5, 5.41) is 0. The van der Waals surface area contributed by atoms with Crippen molar-refractivity contribution in [1.82, 2.24) is 0 Å². The lowest BCUT2D eigenvalue weighted by atomic mass is 9.70. The summed E-state index contributed by atoms with van der Waals surface area (Å²) in [6, 6.07) is 0. The van der Waals surface area contributed by atoms with Gasteiger partial charge in [0.15, 0.2) is 0 Å². The van der Waals surface area contributed by atoms with Gasteiger partial charge in [0, 0.05) is 18.8 Å². The minimum absolute atomic E-state index is 0.0310. The van der Waals surface area contributed by atoms with E-state index < -0.39 is 0 Å². The summed E-state index contributed by atoms with van der Waals surface area (Å²) in [6.45, 7) is 9.62. The number of hydrogen-bond donors (Lipinski definition) is 0. The molecule has 0 aromatic carbocycles. The van der Waals surface area contributed by atoms with Gasteiger partial charge in [-0.2, -0.15) is 0 Å². The van der Waals surface area contributed by atoms with E-state index in [4.69, 9.17) is 4.74 Å². The first kappa shape index (κ1) is 21.0. The molecule has 168 valence electrons. The predicted octanol–water partition coefficient (Wildman–Crippen LogP) is 5.90. The van der Waals surface area contributed by atoms with Crippen LogP contribution >= 0.6 is 0 Å². The molecule has 3 nitrogen and oxygen atoms in total. The van der Waals surface area contributed by atoms with Crippen molar-refractivity contribution in [3.05, 3.63) is 0 Å². The number of esters is 1. The molecule has 0 amide bonds. The van der Waals surface area contributed by atoms with E-state index in [0.717, 1.165) is 66.1 Å². The van der Waals surface area contributed by atoms with Crippen molar-refractivity contribution in [2.24, 2.45) is 65.1 Å². The summed E-state index contributed by atoms with van der Waals surface area (Å²) in [7, 11) is 0. The van der Waals surface area contributed by atoms with Gasteiger partial charge >= 0.3 is 5.97 Å². The third-order valence-corrected chi connectivity index (χ3v) is 11.2. The maximum Gasteiger partial charge on any atom is 0.306 e. The number of hydrogen-bond acceptors (Lipinski definition) is 3. The van der Waals surface area contributed by atoms with E-state index in [0.29, 0.717) is 24.0 Å². The lowest BCUT2D eigenvalue weighted by Gasteiger charge is -2.34. The normalized spacial score (nSPS) is 53.9. The molecule has 12 unspecified atom stereocenters. The van der Waals surface area contributed by atoms with Crippen molar-refractivity contribution >= 4 is 11.8 Å². The highest BCUT2D eigenvalue weighted by Gasteiger charge is 2.53. The molecule has 3 heteroatoms. The maximum atomic E-state index is 11.8. The van der Waals surface area contributed by atoms with E-state index in [1.807, 2.05) is 0 Å². The van der Waals surface area contributed by atoms with Crippen LogP contribution in [0.5, 0.6) is 0 Å². The van der Waals surface area contributed by atoms with Crippen molar-refractivity contribution in [1.29, 1.82) is 0 Å². The molecule has 6 rings (SSSR count). The van der Waals surface area contributed by atoms with E-state index in [-0.39, 0.29) is 12.1 Å². The van der Waals surface area contributed by atoms with Crippen LogP contribution in [0.4, 0.5) is 0 Å². The van der Waals surface area contributed by atoms with Gasteiger partial charge in [-0.1, -0.05) is 27.7 Å². The number of carbonyl (C=O) groups is 2. The minimum atomic E-state index is 0.0310. The summed E-state index contributed by atoms with van der Waals surface area (Å²) in [5.41, 5.74) is 0. The van der Waals surface area contributed by atoms with Crippen LogP contribution in [0, 0.1) is 65.1 Å². The first-order valence-corrected chi connectivity index (χ1v) is 13.1. The van der Waals surface area contributed by atoms with Gasteiger partial charge in [-0.05, 0) is 104 Å². The molecule has 5 aliphatic carbocycles. The third kappa shape index (κ3) is 3.37. The topological polar surface area (TPSA) is 43.4 Å². The Morgan fingerprint density at radius 3 is 1.70 bits per heavy atom. The molecular formula is C27H42O3. The molecular weight excluding hydrogens is 372 g/mol. The second-order valence-corrected chi connectivity index (χ2v) is 12.1. The van der Waals surface area contributed by atoms with Crippen molar-refractivity contribution in [2.45, 2.75) is 91.6 Å². The lowest BCUT2D eigenvalue weighted by Crippen LogP contribution is -2.32. The van der Waals surface area contributed by atoms with E-state index in [1.54, 1.807) is 0 Å². The summed E-state index contributed by atoms with van der Waals surface area (Å²) >= 11 is 0. The van der Waals surface area contributed by atoms with Crippen LogP contribution < -0.4 is 0 Å². The van der Waals surface area contributed by atoms with Crippen molar-refractivity contribution in [3.63, 3.8) is 0 Å². The van der Waals surface area contributed by atoms with Gasteiger partial charge in [-0.3, -0.25) is 9.59 Å². The Hall–Kier alpha value is -0.860. The molecule has 6 fully saturated rings. The molecule has 0 spiro atoms. The number of cyclic esters (lactones) is 1. The molecule has 6 aliphatic rings. The molecule has 0 N–H and O–H groups in total. The smallest absolute Gasteiger partial charge is 0.306 e. The first-order chi connectivity index (χ1) is 14.3. The highest BCUT2D eigenvalue weighted by Crippen LogP contribution is 2.59. The van der Waals surface area contributed by atoms with E-state index >= 15 is 0 Å². The first-order valence-electron chi connectivity index (χ1n) is 13.1. The van der Waals surface area contributed by atoms with Crippen LogP contribution in [-0.2, 0) is 14.3 Å². The lowest BCUT2D eigenvalue weighted by molar-refractivity contribution is -0.144. The van der Waals surface area contributed by atoms with Gasteiger partial charge < -0.3 is 4.74 Å². The van der Waals surface area contributed by atoms with E-state index in [2.05, 4.69) is 27.7 Å². The van der Waals surface area contributed by atoms with Crippen molar-refractivity contribution in [2.75, 3.05) is 0 Å². The largest absolute Gasteiger partial charge is 0.462 e. The number of ketones is 1. The van der Waals surface area contributed by atoms with Crippen LogP contribution in [0.2, 0.25) is 0 Å². The number of fused-ring (bicyclic) bond motifs is 4. The highest BCUT2D eigenvalue weighted by molar-refractivity contribution is 5.83. The zero-order chi connectivity index (χ0) is 21.2. The molecule has 4 bridgehead atoms. The molecule has 30 heavy (non-hydrogen) atoms. The predicted molar refractivity (Wildman–Crippen MR) is 118 cm³/mol. The van der Waals surface area contributed by atoms with Crippen molar-refractivity contribution in [3.8, 4) is 0 Å². The Bertz CT molecular complexity index is 682. The fourth-order valence-electron chi connectivity index (χ4n) is 9.03. The van der Waals surface area contributed by atoms with Crippen molar-refractivity contribution < 1.29 is 14.3 Å². The number of ether oxygens (including phenoxy) is 1. The number of rotatable bonds is 2. The average Bonchev–Trinajstić information content (AvgIpc) is 3.53. The fourth-order valence-corrected chi connectivity index (χ4v) is 9.03. The molecule has 0 aromatic heterocycles. The highest BCUT2D eigenvalue weighted by atomic mass is 16.5. The average molecular weight is 415 g/mol. The van der Waals surface area contributed by atoms with Crippen LogP contribution in [0.3, 0.4) is 0 Å². The quantitative estimate of drug-likeness (QED) is 0.528. The van der Waals surface area contributed by atoms with Gasteiger partial charge in [0.2, 0.25) is 0 Å². The van der Waals surface area contributed by atoms with Gasteiger partial charge in [0.25, 0.3) is 0 Å². The van der Waals surface area contributed by atoms with Crippen LogP contribution in [0.15, 0.2) is 0 Å². The summed E-state index contributed by atoms with van der Waals surface area (Å²) in [4.78, 5) is 23.0. The third-order valence-electron chi connectivity index (χ3n) is 11.2. The Labute approximate surface area is 183 Å². The van der Waals surface area contributed by atoms with Crippen LogP contribution in [0.1, 0.15) is 85.5 Å². The molecule has 0 aromatic rings. The Balaban J connectivity index is 0.000000128. The monoisotopic (exact) mass is 414 g/mol. The molecule has 5 saturated carbocycles. The number of carbonyl (C=O) groups excluding carboxylic acids is 2. The standard InChI is InChI=1S/C14H22O.C13H20O2/c1-8-9(2)12-6-10(8)7-13(12)11-4-3-5-14(11)15;1-7-8(2)10-5-9(7)6-11(10)12-3-4-13(14)15-12/h8-13H,3-7H2,1-2H3;7-12H,3-6H2,1-2H3. The maximum absolute atomic E-state index is 11.8. The SMILES string of the molecule is CC1C2CC(C3CCC(=O)O3)C(C2)C1C.CC1C2CC(C3CCCC3=O)C(C2)C1C. The number of Topliss-reactive ketones (excluding diaryl/α,β-unsaturated/α-hetero) is 1. The molecule has 0 radical (unpaired) electrons. The van der Waals surface area contributed by atoms with Gasteiger partial charge in [-0.25, -0.2) is 0 Å². The summed E-state index contributed by atoms with van der Waals surface area (Å²) in [5.74, 6) is 9.66. The zero-order valence-electron chi connectivity index (χ0n) is 19.5. The van der Waals surface area contributed by atoms with E-state index in [1.165, 1.54) is 38.5 Å². The van der Waals surface area contributed by atoms with E-state index in [9.17, 15) is 9.59 Å². The molecule has 12 atom stereocenters. The zero-order valence-corrected chi connectivity index (χ0v) is 19.5. The van der Waals surface area contributed by atoms with Crippen LogP contribution in [0.25, 0.3) is 0 Å². The molecule has 1 aliphatic heterocycles. The fraction of sp³-hybridized carbons (Fsp3) is 0.926. The molecule has 1 saturated heterocycles. The second kappa shape index (κ2) is 7.93. The summed E-state index contributed by atoms with van der Waals surface area (Å²) in [6.07, 6.45) is 10.6. The molecule has 1 heterocycles. The Morgan fingerprint density at radius 2 is 1.23 bits per heavy atom. The van der Waals surface area contributed by atoms with Crippen LogP contribution in [-0.4, -0.2) is 17.9 Å². The summed E-state index contributed by atoms with van der Waals surface area (Å²) < 4.78 is 5.44. The Morgan fingerprint density at radius 1 is 0.667 bits per heavy atom.